The van der Waals surface area contributed by atoms with E-state index in [1.54, 1.807) is 6.20 Å². The maximum atomic E-state index is 13.5. The van der Waals surface area contributed by atoms with Gasteiger partial charge in [0.1, 0.15) is 36.0 Å². The van der Waals surface area contributed by atoms with Crippen molar-refractivity contribution in [1.82, 2.24) is 25.2 Å². The molecule has 1 aromatic heterocycles. The van der Waals surface area contributed by atoms with E-state index in [1.807, 2.05) is 20.8 Å². The summed E-state index contributed by atoms with van der Waals surface area (Å²) >= 11 is 0. The number of nitrogens with one attached hydrogen (secondary N) is 1. The lowest BCUT2D eigenvalue weighted by Gasteiger charge is -2.34. The number of likely N-dealkylation sites (N-methyl/N-ethyl adjacent to an activating group) is 1. The topological polar surface area (TPSA) is 110 Å². The van der Waals surface area contributed by atoms with Crippen molar-refractivity contribution in [2.24, 2.45) is 5.41 Å². The van der Waals surface area contributed by atoms with Gasteiger partial charge < -0.3 is 20.1 Å². The van der Waals surface area contributed by atoms with Crippen molar-refractivity contribution < 1.29 is 23.8 Å². The van der Waals surface area contributed by atoms with Crippen molar-refractivity contribution in [2.75, 3.05) is 13.6 Å². The quantitative estimate of drug-likeness (QED) is 0.711. The highest BCUT2D eigenvalue weighted by atomic mass is 19.1. The van der Waals surface area contributed by atoms with Crippen LogP contribution in [-0.2, 0) is 16.2 Å². The fourth-order valence-corrected chi connectivity index (χ4v) is 3.70. The molecule has 1 fully saturated rings. The molecule has 168 valence electrons. The van der Waals surface area contributed by atoms with Crippen LogP contribution in [0.4, 0.5) is 4.39 Å². The molecular formula is C21H28FN5O4. The number of aliphatic hydroxyl groups excluding tert-OH is 1. The summed E-state index contributed by atoms with van der Waals surface area (Å²) in [5.74, 6) is -0.496. The van der Waals surface area contributed by atoms with Crippen LogP contribution < -0.4 is 10.1 Å². The summed E-state index contributed by atoms with van der Waals surface area (Å²) in [6.07, 6.45) is 1.05. The van der Waals surface area contributed by atoms with Crippen LogP contribution in [0.25, 0.3) is 0 Å². The summed E-state index contributed by atoms with van der Waals surface area (Å²) in [5.41, 5.74) is -0.0450. The molecule has 10 heteroatoms. The normalized spacial score (nSPS) is 19.9. The Labute approximate surface area is 180 Å². The van der Waals surface area contributed by atoms with Gasteiger partial charge in [-0.25, -0.2) is 9.07 Å². The zero-order valence-corrected chi connectivity index (χ0v) is 18.1. The summed E-state index contributed by atoms with van der Waals surface area (Å²) in [6.45, 7) is 5.87. The molecule has 3 rings (SSSR count). The molecule has 2 amide bonds. The van der Waals surface area contributed by atoms with Gasteiger partial charge in [-0.15, -0.1) is 5.10 Å². The summed E-state index contributed by atoms with van der Waals surface area (Å²) in [7, 11) is 1.50. The number of halogens is 1. The number of amides is 2. The third-order valence-corrected chi connectivity index (χ3v) is 5.19. The van der Waals surface area contributed by atoms with E-state index in [4.69, 9.17) is 4.74 Å². The van der Waals surface area contributed by atoms with Crippen molar-refractivity contribution in [3.63, 3.8) is 0 Å². The van der Waals surface area contributed by atoms with Gasteiger partial charge in [0.25, 0.3) is 0 Å². The van der Waals surface area contributed by atoms with Gasteiger partial charge in [0.05, 0.1) is 12.3 Å². The third kappa shape index (κ3) is 5.19. The standard InChI is InChI=1S/C21H28FN5O4/c1-21(2,3)18(20(30)26-11-15(28)9-17(26)19(29)23-4)27-10-14(24-25-27)12-31-16-7-5-13(22)6-8-16/h5-8,10,15,17-18,28H,9,11-12H2,1-4H3,(H,23,29)/t15?,17-,18?/m1/s1. The van der Waals surface area contributed by atoms with Crippen LogP contribution in [0.15, 0.2) is 30.5 Å². The number of hydrogen-bond acceptors (Lipinski definition) is 6. The largest absolute Gasteiger partial charge is 0.487 e. The molecule has 2 unspecified atom stereocenters. The van der Waals surface area contributed by atoms with Crippen molar-refractivity contribution >= 4 is 11.8 Å². The highest BCUT2D eigenvalue weighted by Crippen LogP contribution is 2.34. The van der Waals surface area contributed by atoms with Gasteiger partial charge in [-0.2, -0.15) is 0 Å². The van der Waals surface area contributed by atoms with E-state index in [0.717, 1.165) is 0 Å². The zero-order chi connectivity index (χ0) is 22.8. The fraction of sp³-hybridized carbons (Fsp3) is 0.524. The number of aliphatic hydroxyl groups is 1. The summed E-state index contributed by atoms with van der Waals surface area (Å²) in [6, 6.07) is 4.15. The number of benzene rings is 1. The molecule has 2 N–H and O–H groups in total. The number of ether oxygens (including phenoxy) is 1. The van der Waals surface area contributed by atoms with Crippen LogP contribution in [0.1, 0.15) is 38.9 Å². The van der Waals surface area contributed by atoms with Gasteiger partial charge in [-0.1, -0.05) is 26.0 Å². The molecule has 0 spiro atoms. The molecule has 0 radical (unpaired) electrons. The Balaban J connectivity index is 1.79. The molecule has 1 aromatic carbocycles. The fourth-order valence-electron chi connectivity index (χ4n) is 3.70. The monoisotopic (exact) mass is 433 g/mol. The molecule has 1 aliphatic heterocycles. The van der Waals surface area contributed by atoms with Gasteiger partial charge in [0, 0.05) is 20.0 Å². The average Bonchev–Trinajstić information content (AvgIpc) is 3.32. The molecule has 0 aliphatic carbocycles. The van der Waals surface area contributed by atoms with E-state index < -0.39 is 23.6 Å². The first-order chi connectivity index (χ1) is 14.6. The minimum absolute atomic E-state index is 0.0821. The van der Waals surface area contributed by atoms with Crippen LogP contribution >= 0.6 is 0 Å². The Morgan fingerprint density at radius 2 is 2.00 bits per heavy atom. The predicted molar refractivity (Wildman–Crippen MR) is 109 cm³/mol. The van der Waals surface area contributed by atoms with Crippen molar-refractivity contribution in [1.29, 1.82) is 0 Å². The molecular weight excluding hydrogens is 405 g/mol. The second-order valence-electron chi connectivity index (χ2n) is 8.71. The molecule has 9 nitrogen and oxygen atoms in total. The number of aromatic nitrogens is 3. The van der Waals surface area contributed by atoms with Gasteiger partial charge in [0.2, 0.25) is 11.8 Å². The highest BCUT2D eigenvalue weighted by Gasteiger charge is 2.44. The van der Waals surface area contributed by atoms with E-state index in [0.29, 0.717) is 11.4 Å². The van der Waals surface area contributed by atoms with E-state index in [2.05, 4.69) is 15.6 Å². The lowest BCUT2D eigenvalue weighted by atomic mass is 9.85. The van der Waals surface area contributed by atoms with E-state index >= 15 is 0 Å². The number of nitrogens with zero attached hydrogens (tertiary/aromatic N) is 4. The SMILES string of the molecule is CNC(=O)[C@H]1CC(O)CN1C(=O)C(n1cc(COc2ccc(F)cc2)nn1)C(C)(C)C. The smallest absolute Gasteiger partial charge is 0.248 e. The summed E-state index contributed by atoms with van der Waals surface area (Å²) in [5, 5.41) is 20.8. The number of carbonyl (C=O) groups excluding carboxylic acids is 2. The van der Waals surface area contributed by atoms with Crippen molar-refractivity contribution in [3.8, 4) is 5.75 Å². The molecule has 1 saturated heterocycles. The molecule has 0 saturated carbocycles. The Morgan fingerprint density at radius 3 is 2.61 bits per heavy atom. The molecule has 31 heavy (non-hydrogen) atoms. The summed E-state index contributed by atoms with van der Waals surface area (Å²) in [4.78, 5) is 27.1. The van der Waals surface area contributed by atoms with Crippen LogP contribution in [0.5, 0.6) is 5.75 Å². The Morgan fingerprint density at radius 1 is 1.32 bits per heavy atom. The maximum absolute atomic E-state index is 13.5. The van der Waals surface area contributed by atoms with Gasteiger partial charge >= 0.3 is 0 Å². The van der Waals surface area contributed by atoms with Crippen LogP contribution in [0.2, 0.25) is 0 Å². The minimum atomic E-state index is -0.762. The van der Waals surface area contributed by atoms with Crippen molar-refractivity contribution in [2.45, 2.75) is 52.0 Å². The minimum Gasteiger partial charge on any atom is -0.487 e. The number of likely N-dealkylation sites (tertiary alicyclic amines) is 1. The first kappa shape index (κ1) is 22.7. The van der Waals surface area contributed by atoms with Crippen molar-refractivity contribution in [3.05, 3.63) is 42.0 Å². The lowest BCUT2D eigenvalue weighted by molar-refractivity contribution is -0.144. The average molecular weight is 433 g/mol. The Hall–Kier alpha value is -3.01. The lowest BCUT2D eigenvalue weighted by Crippen LogP contribution is -2.49. The van der Waals surface area contributed by atoms with Crippen LogP contribution in [-0.4, -0.2) is 62.6 Å². The third-order valence-electron chi connectivity index (χ3n) is 5.19. The van der Waals surface area contributed by atoms with Crippen LogP contribution in [0.3, 0.4) is 0 Å². The number of rotatable bonds is 6. The second-order valence-corrected chi connectivity index (χ2v) is 8.71. The maximum Gasteiger partial charge on any atom is 0.248 e. The number of carbonyl (C=O) groups is 2. The molecule has 2 heterocycles. The first-order valence-electron chi connectivity index (χ1n) is 10.1. The number of β-amino-alcohol motifs (C(OH)–C–C–N with tert-alkyl or cyclic N) is 1. The van der Waals surface area contributed by atoms with E-state index in [9.17, 15) is 19.1 Å². The Bertz CT molecular complexity index is 925. The van der Waals surface area contributed by atoms with Gasteiger partial charge in [-0.3, -0.25) is 9.59 Å². The molecule has 1 aliphatic rings. The van der Waals surface area contributed by atoms with Gasteiger partial charge in [-0.05, 0) is 29.7 Å². The predicted octanol–water partition coefficient (Wildman–Crippen LogP) is 1.29. The number of hydrogen-bond donors (Lipinski definition) is 2. The Kier molecular flexibility index (Phi) is 6.59. The molecule has 3 atom stereocenters. The summed E-state index contributed by atoms with van der Waals surface area (Å²) < 4.78 is 20.1. The first-order valence-corrected chi connectivity index (χ1v) is 10.1. The second kappa shape index (κ2) is 9.01. The van der Waals surface area contributed by atoms with Crippen LogP contribution in [0, 0.1) is 11.2 Å². The zero-order valence-electron chi connectivity index (χ0n) is 18.1. The molecule has 2 aromatic rings. The van der Waals surface area contributed by atoms with Gasteiger partial charge in [0.15, 0.2) is 0 Å². The van der Waals surface area contributed by atoms with E-state index in [-0.39, 0.29) is 37.2 Å². The highest BCUT2D eigenvalue weighted by molar-refractivity contribution is 5.90. The van der Waals surface area contributed by atoms with E-state index in [1.165, 1.54) is 40.9 Å². The molecule has 0 bridgehead atoms.